The highest BCUT2D eigenvalue weighted by atomic mass is 35.5. The third-order valence-corrected chi connectivity index (χ3v) is 3.18. The first-order chi connectivity index (χ1) is 11.3. The Kier molecular flexibility index (Phi) is 11.4. The lowest BCUT2D eigenvalue weighted by Gasteiger charge is -2.16. The molecule has 1 aromatic carbocycles. The highest BCUT2D eigenvalue weighted by Gasteiger charge is 2.10. The van der Waals surface area contributed by atoms with Crippen molar-refractivity contribution in [3.63, 3.8) is 0 Å². The lowest BCUT2D eigenvalue weighted by atomic mass is 10.3. The molecule has 0 aliphatic rings. The van der Waals surface area contributed by atoms with Gasteiger partial charge in [0, 0.05) is 18.7 Å². The summed E-state index contributed by atoms with van der Waals surface area (Å²) in [5.74, 6) is -1.91. The highest BCUT2D eigenvalue weighted by Crippen LogP contribution is 2.32. The van der Waals surface area contributed by atoms with Crippen LogP contribution in [0.15, 0.2) is 42.5 Å². The number of nitrogens with one attached hydrogen (secondary N) is 1. The molecule has 3 N–H and O–H groups in total. The van der Waals surface area contributed by atoms with Crippen LogP contribution in [0.1, 0.15) is 6.92 Å². The topological polar surface area (TPSA) is 95.9 Å². The molecule has 0 aliphatic carbocycles. The van der Waals surface area contributed by atoms with E-state index in [2.05, 4.69) is 5.32 Å². The molecule has 0 saturated carbocycles. The monoisotopic (exact) mass is 375 g/mol. The van der Waals surface area contributed by atoms with E-state index in [1.165, 1.54) is 0 Å². The standard InChI is InChI=1S/C12H15Cl2NO.C4H4O4/c1-3-5-9(8-15-2)16-11-7-4-6-10(13)12(11)14;5-3(6)1-2-4(7)8/h3-7,9,15H,8H2,1-2H3;1-2H,(H,5,6)(H,7,8)/b5-3+;2-1+. The molecule has 0 aliphatic heterocycles. The number of aliphatic carboxylic acids is 2. The van der Waals surface area contributed by atoms with E-state index in [4.69, 9.17) is 38.2 Å². The van der Waals surface area contributed by atoms with Gasteiger partial charge in [-0.25, -0.2) is 9.59 Å². The maximum atomic E-state index is 9.55. The van der Waals surface area contributed by atoms with Crippen molar-refractivity contribution < 1.29 is 24.5 Å². The first-order valence-corrected chi connectivity index (χ1v) is 7.59. The number of benzene rings is 1. The maximum absolute atomic E-state index is 9.55. The lowest BCUT2D eigenvalue weighted by Crippen LogP contribution is -2.27. The van der Waals surface area contributed by atoms with Gasteiger partial charge in [0.25, 0.3) is 0 Å². The van der Waals surface area contributed by atoms with Crippen molar-refractivity contribution in [2.45, 2.75) is 13.0 Å². The molecule has 0 bridgehead atoms. The molecule has 24 heavy (non-hydrogen) atoms. The van der Waals surface area contributed by atoms with Crippen LogP contribution in [0.25, 0.3) is 0 Å². The first kappa shape index (κ1) is 22.0. The van der Waals surface area contributed by atoms with E-state index in [0.717, 1.165) is 0 Å². The summed E-state index contributed by atoms with van der Waals surface area (Å²) in [5.41, 5.74) is 0. The van der Waals surface area contributed by atoms with Gasteiger partial charge >= 0.3 is 11.9 Å². The molecular formula is C16H19Cl2NO5. The van der Waals surface area contributed by atoms with E-state index in [1.807, 2.05) is 32.2 Å². The minimum atomic E-state index is -1.26. The Morgan fingerprint density at radius 3 is 2.29 bits per heavy atom. The molecule has 132 valence electrons. The predicted octanol–water partition coefficient (Wildman–Crippen LogP) is 3.25. The predicted molar refractivity (Wildman–Crippen MR) is 94.0 cm³/mol. The molecule has 0 aromatic heterocycles. The number of ether oxygens (including phenoxy) is 1. The zero-order valence-electron chi connectivity index (χ0n) is 13.2. The quantitative estimate of drug-likeness (QED) is 0.500. The summed E-state index contributed by atoms with van der Waals surface area (Å²) in [6.07, 6.45) is 4.98. The smallest absolute Gasteiger partial charge is 0.328 e. The Bertz CT molecular complexity index is 586. The zero-order valence-corrected chi connectivity index (χ0v) is 14.7. The molecule has 1 atom stereocenters. The summed E-state index contributed by atoms with van der Waals surface area (Å²) >= 11 is 11.9. The fourth-order valence-electron chi connectivity index (χ4n) is 1.45. The summed E-state index contributed by atoms with van der Waals surface area (Å²) in [4.78, 5) is 19.1. The normalized spacial score (nSPS) is 11.8. The van der Waals surface area contributed by atoms with Gasteiger partial charge in [-0.15, -0.1) is 0 Å². The van der Waals surface area contributed by atoms with Crippen LogP contribution in [-0.2, 0) is 9.59 Å². The van der Waals surface area contributed by atoms with Gasteiger partial charge < -0.3 is 20.3 Å². The molecule has 8 heteroatoms. The fraction of sp³-hybridized carbons (Fsp3) is 0.250. The van der Waals surface area contributed by atoms with Gasteiger partial charge in [-0.3, -0.25) is 0 Å². The van der Waals surface area contributed by atoms with Crippen LogP contribution < -0.4 is 10.1 Å². The SMILES string of the molecule is C/C=C/C(CNC)Oc1cccc(Cl)c1Cl.O=C(O)/C=C/C(=O)O. The van der Waals surface area contributed by atoms with Crippen LogP contribution in [0.4, 0.5) is 0 Å². The van der Waals surface area contributed by atoms with E-state index in [0.29, 0.717) is 34.5 Å². The van der Waals surface area contributed by atoms with E-state index in [1.54, 1.807) is 12.1 Å². The Morgan fingerprint density at radius 2 is 1.83 bits per heavy atom. The molecule has 0 radical (unpaired) electrons. The van der Waals surface area contributed by atoms with Crippen LogP contribution in [0, 0.1) is 0 Å². The number of carbonyl (C=O) groups is 2. The number of halogens is 2. The average Bonchev–Trinajstić information content (AvgIpc) is 2.51. The van der Waals surface area contributed by atoms with Gasteiger partial charge in [0.2, 0.25) is 0 Å². The summed E-state index contributed by atoms with van der Waals surface area (Å²) < 4.78 is 5.74. The van der Waals surface area contributed by atoms with Crippen molar-refractivity contribution in [1.82, 2.24) is 5.32 Å². The lowest BCUT2D eigenvalue weighted by molar-refractivity contribution is -0.134. The van der Waals surface area contributed by atoms with Crippen molar-refractivity contribution in [2.75, 3.05) is 13.6 Å². The molecule has 0 fully saturated rings. The molecule has 0 saturated heterocycles. The Balaban J connectivity index is 0.000000561. The van der Waals surface area contributed by atoms with Crippen LogP contribution >= 0.6 is 23.2 Å². The first-order valence-electron chi connectivity index (χ1n) is 6.83. The minimum Gasteiger partial charge on any atom is -0.483 e. The molecule has 1 unspecified atom stereocenters. The highest BCUT2D eigenvalue weighted by molar-refractivity contribution is 6.42. The summed E-state index contributed by atoms with van der Waals surface area (Å²) in [6, 6.07) is 5.36. The van der Waals surface area contributed by atoms with Crippen LogP contribution in [0.3, 0.4) is 0 Å². The van der Waals surface area contributed by atoms with Crippen molar-refractivity contribution in [1.29, 1.82) is 0 Å². The summed E-state index contributed by atoms with van der Waals surface area (Å²) in [6.45, 7) is 2.67. The third-order valence-electron chi connectivity index (χ3n) is 2.38. The van der Waals surface area contributed by atoms with Crippen molar-refractivity contribution >= 4 is 35.1 Å². The second-order valence-electron chi connectivity index (χ2n) is 4.30. The Labute approximate surface area is 150 Å². The molecule has 0 amide bonds. The minimum absolute atomic E-state index is 0.0500. The van der Waals surface area contributed by atoms with E-state index >= 15 is 0 Å². The number of likely N-dealkylation sites (N-methyl/N-ethyl adjacent to an activating group) is 1. The number of allylic oxidation sites excluding steroid dienone is 1. The largest absolute Gasteiger partial charge is 0.483 e. The van der Waals surface area contributed by atoms with E-state index in [9.17, 15) is 9.59 Å². The number of rotatable bonds is 7. The van der Waals surface area contributed by atoms with Crippen LogP contribution in [0.5, 0.6) is 5.75 Å². The number of carboxylic acids is 2. The molecular weight excluding hydrogens is 357 g/mol. The zero-order chi connectivity index (χ0) is 18.5. The third kappa shape index (κ3) is 9.89. The van der Waals surface area contributed by atoms with Crippen LogP contribution in [0.2, 0.25) is 10.0 Å². The van der Waals surface area contributed by atoms with Gasteiger partial charge in [0.15, 0.2) is 0 Å². The second-order valence-corrected chi connectivity index (χ2v) is 5.09. The summed E-state index contributed by atoms with van der Waals surface area (Å²) in [5, 5.41) is 19.6. The van der Waals surface area contributed by atoms with E-state index in [-0.39, 0.29) is 6.10 Å². The fourth-order valence-corrected chi connectivity index (χ4v) is 1.78. The molecule has 1 aromatic rings. The van der Waals surface area contributed by atoms with Crippen molar-refractivity contribution in [2.24, 2.45) is 0 Å². The second kappa shape index (κ2) is 12.4. The van der Waals surface area contributed by atoms with Crippen molar-refractivity contribution in [3.8, 4) is 5.75 Å². The average molecular weight is 376 g/mol. The van der Waals surface area contributed by atoms with Gasteiger partial charge in [-0.05, 0) is 32.2 Å². The maximum Gasteiger partial charge on any atom is 0.328 e. The molecule has 1 rings (SSSR count). The van der Waals surface area contributed by atoms with Gasteiger partial charge in [-0.2, -0.15) is 0 Å². The molecule has 0 heterocycles. The number of carboxylic acid groups (broad SMARTS) is 2. The van der Waals surface area contributed by atoms with Gasteiger partial charge in [-0.1, -0.05) is 35.3 Å². The Hall–Kier alpha value is -2.02. The number of hydrogen-bond acceptors (Lipinski definition) is 4. The number of hydrogen-bond donors (Lipinski definition) is 3. The van der Waals surface area contributed by atoms with Gasteiger partial charge in [0.05, 0.1) is 5.02 Å². The van der Waals surface area contributed by atoms with Crippen molar-refractivity contribution in [3.05, 3.63) is 52.5 Å². The van der Waals surface area contributed by atoms with Gasteiger partial charge in [0.1, 0.15) is 16.9 Å². The van der Waals surface area contributed by atoms with Crippen LogP contribution in [-0.4, -0.2) is 41.8 Å². The summed E-state index contributed by atoms with van der Waals surface area (Å²) in [7, 11) is 1.87. The van der Waals surface area contributed by atoms with E-state index < -0.39 is 11.9 Å². The molecule has 0 spiro atoms. The molecule has 6 nitrogen and oxygen atoms in total. The Morgan fingerprint density at radius 1 is 1.25 bits per heavy atom.